The second kappa shape index (κ2) is 4.63. The van der Waals surface area contributed by atoms with Gasteiger partial charge >= 0.3 is 0 Å². The average Bonchev–Trinajstić information content (AvgIpc) is 2.66. The van der Waals surface area contributed by atoms with Gasteiger partial charge in [0, 0.05) is 21.5 Å². The van der Waals surface area contributed by atoms with Crippen LogP contribution in [0.4, 0.5) is 0 Å². The van der Waals surface area contributed by atoms with Crippen LogP contribution in [0.5, 0.6) is 0 Å². The molecular formula is C11H6ClO3S-. The Morgan fingerprint density at radius 2 is 2.19 bits per heavy atom. The molecule has 0 aliphatic rings. The molecule has 0 fully saturated rings. The van der Waals surface area contributed by atoms with E-state index in [1.165, 1.54) is 17.8 Å². The van der Waals surface area contributed by atoms with Gasteiger partial charge in [0.1, 0.15) is 6.26 Å². The van der Waals surface area contributed by atoms with Gasteiger partial charge in [-0.05, 0) is 18.2 Å². The Hall–Kier alpha value is -1.39. The van der Waals surface area contributed by atoms with Crippen LogP contribution in [0.3, 0.4) is 0 Å². The zero-order valence-corrected chi connectivity index (χ0v) is 9.55. The zero-order valence-electron chi connectivity index (χ0n) is 7.98. The number of carboxylic acid groups (broad SMARTS) is 1. The molecule has 0 radical (unpaired) electrons. The molecule has 0 N–H and O–H groups in total. The van der Waals surface area contributed by atoms with E-state index < -0.39 is 5.97 Å². The Morgan fingerprint density at radius 3 is 2.81 bits per heavy atom. The molecule has 0 bridgehead atoms. The van der Waals surface area contributed by atoms with Crippen LogP contribution >= 0.6 is 23.4 Å². The molecule has 1 aromatic heterocycles. The van der Waals surface area contributed by atoms with Gasteiger partial charge in [-0.2, -0.15) is 0 Å². The maximum Gasteiger partial charge on any atom is 0.165 e. The first-order chi connectivity index (χ1) is 7.65. The van der Waals surface area contributed by atoms with Crippen LogP contribution in [-0.2, 0) is 0 Å². The lowest BCUT2D eigenvalue weighted by atomic mass is 10.4. The number of benzene rings is 1. The summed E-state index contributed by atoms with van der Waals surface area (Å²) in [5.74, 6) is -1.25. The molecular weight excluding hydrogens is 248 g/mol. The number of hydrogen-bond acceptors (Lipinski definition) is 4. The Balaban J connectivity index is 2.17. The number of rotatable bonds is 3. The van der Waals surface area contributed by atoms with E-state index in [9.17, 15) is 9.90 Å². The van der Waals surface area contributed by atoms with Crippen molar-refractivity contribution in [2.24, 2.45) is 0 Å². The van der Waals surface area contributed by atoms with Crippen molar-refractivity contribution in [2.75, 3.05) is 0 Å². The minimum atomic E-state index is -1.25. The van der Waals surface area contributed by atoms with Crippen molar-refractivity contribution in [2.45, 2.75) is 9.99 Å². The standard InChI is InChI=1S/C11H7ClO3S/c12-8-2-1-3-9(5-8)16-10-4-7(6-15-10)11(13)14/h1-6H,(H,13,14)/p-1. The predicted molar refractivity (Wildman–Crippen MR) is 58.6 cm³/mol. The van der Waals surface area contributed by atoms with Crippen LogP contribution in [0.25, 0.3) is 0 Å². The molecule has 82 valence electrons. The number of furan rings is 1. The van der Waals surface area contributed by atoms with Crippen LogP contribution in [0, 0.1) is 0 Å². The fraction of sp³-hybridized carbons (Fsp3) is 0. The third-order valence-electron chi connectivity index (χ3n) is 1.83. The van der Waals surface area contributed by atoms with E-state index in [1.807, 2.05) is 12.1 Å². The minimum absolute atomic E-state index is 0.0320. The summed E-state index contributed by atoms with van der Waals surface area (Å²) in [6.45, 7) is 0. The van der Waals surface area contributed by atoms with E-state index in [0.29, 0.717) is 10.1 Å². The first-order valence-electron chi connectivity index (χ1n) is 4.38. The lowest BCUT2D eigenvalue weighted by Crippen LogP contribution is -2.21. The fourth-order valence-corrected chi connectivity index (χ4v) is 2.23. The van der Waals surface area contributed by atoms with Crippen molar-refractivity contribution in [3.63, 3.8) is 0 Å². The van der Waals surface area contributed by atoms with Crippen LogP contribution in [0.1, 0.15) is 10.4 Å². The minimum Gasteiger partial charge on any atom is -0.545 e. The molecule has 0 saturated carbocycles. The lowest BCUT2D eigenvalue weighted by Gasteiger charge is -1.97. The van der Waals surface area contributed by atoms with Gasteiger partial charge in [-0.15, -0.1) is 0 Å². The quantitative estimate of drug-likeness (QED) is 0.843. The third-order valence-corrected chi connectivity index (χ3v) is 2.97. The summed E-state index contributed by atoms with van der Waals surface area (Å²) in [4.78, 5) is 11.4. The second-order valence-electron chi connectivity index (χ2n) is 3.00. The molecule has 1 aromatic carbocycles. The first kappa shape index (κ1) is 11.1. The number of hydrogen-bond donors (Lipinski definition) is 0. The molecule has 0 aliphatic carbocycles. The van der Waals surface area contributed by atoms with Crippen molar-refractivity contribution in [3.05, 3.63) is 47.2 Å². The predicted octanol–water partition coefficient (Wildman–Crippen LogP) is 2.45. The molecule has 2 rings (SSSR count). The Bertz CT molecular complexity index is 521. The number of aromatic carboxylic acids is 1. The van der Waals surface area contributed by atoms with Crippen LogP contribution in [0.15, 0.2) is 51.0 Å². The fourth-order valence-electron chi connectivity index (χ4n) is 1.12. The molecule has 5 heteroatoms. The zero-order chi connectivity index (χ0) is 11.5. The summed E-state index contributed by atoms with van der Waals surface area (Å²) in [6, 6.07) is 8.62. The SMILES string of the molecule is O=C([O-])c1coc(Sc2cccc(Cl)c2)c1. The highest BCUT2D eigenvalue weighted by molar-refractivity contribution is 7.99. The highest BCUT2D eigenvalue weighted by Gasteiger charge is 2.04. The highest BCUT2D eigenvalue weighted by atomic mass is 35.5. The molecule has 0 aliphatic heterocycles. The van der Waals surface area contributed by atoms with E-state index in [4.69, 9.17) is 16.0 Å². The summed E-state index contributed by atoms with van der Waals surface area (Å²) < 4.78 is 5.07. The smallest absolute Gasteiger partial charge is 0.165 e. The van der Waals surface area contributed by atoms with E-state index in [0.717, 1.165) is 11.2 Å². The molecule has 0 amide bonds. The Labute approximate surface area is 101 Å². The summed E-state index contributed by atoms with van der Waals surface area (Å²) in [5, 5.41) is 11.6. The van der Waals surface area contributed by atoms with Gasteiger partial charge in [-0.1, -0.05) is 29.4 Å². The molecule has 3 nitrogen and oxygen atoms in total. The van der Waals surface area contributed by atoms with E-state index in [2.05, 4.69) is 0 Å². The van der Waals surface area contributed by atoms with Gasteiger partial charge in [0.25, 0.3) is 0 Å². The topological polar surface area (TPSA) is 53.3 Å². The van der Waals surface area contributed by atoms with Gasteiger partial charge in [-0.25, -0.2) is 0 Å². The van der Waals surface area contributed by atoms with Gasteiger partial charge in [0.2, 0.25) is 0 Å². The number of carboxylic acids is 1. The van der Waals surface area contributed by atoms with Crippen LogP contribution < -0.4 is 5.11 Å². The maximum absolute atomic E-state index is 10.5. The van der Waals surface area contributed by atoms with Gasteiger partial charge in [-0.3, -0.25) is 0 Å². The van der Waals surface area contributed by atoms with Crippen molar-refractivity contribution < 1.29 is 14.3 Å². The molecule has 0 saturated heterocycles. The van der Waals surface area contributed by atoms with Crippen molar-refractivity contribution in [1.29, 1.82) is 0 Å². The number of carbonyl (C=O) groups excluding carboxylic acids is 1. The van der Waals surface area contributed by atoms with Crippen molar-refractivity contribution >= 4 is 29.3 Å². The third kappa shape index (κ3) is 2.59. The molecule has 0 unspecified atom stereocenters. The Morgan fingerprint density at radius 1 is 1.38 bits per heavy atom. The van der Waals surface area contributed by atoms with Crippen molar-refractivity contribution in [1.82, 2.24) is 0 Å². The van der Waals surface area contributed by atoms with Crippen molar-refractivity contribution in [3.8, 4) is 0 Å². The summed E-state index contributed by atoms with van der Waals surface area (Å²) in [7, 11) is 0. The average molecular weight is 254 g/mol. The van der Waals surface area contributed by atoms with Crippen LogP contribution in [-0.4, -0.2) is 5.97 Å². The Kier molecular flexibility index (Phi) is 3.22. The van der Waals surface area contributed by atoms with Gasteiger partial charge in [0.05, 0.1) is 5.97 Å². The summed E-state index contributed by atoms with van der Waals surface area (Å²) in [6.07, 6.45) is 1.15. The number of halogens is 1. The molecule has 0 spiro atoms. The van der Waals surface area contributed by atoms with Gasteiger partial charge in [0.15, 0.2) is 5.09 Å². The van der Waals surface area contributed by atoms with E-state index >= 15 is 0 Å². The maximum atomic E-state index is 10.5. The number of carbonyl (C=O) groups is 1. The van der Waals surface area contributed by atoms with E-state index in [1.54, 1.807) is 12.1 Å². The largest absolute Gasteiger partial charge is 0.545 e. The normalized spacial score (nSPS) is 10.3. The molecule has 0 atom stereocenters. The monoisotopic (exact) mass is 253 g/mol. The molecule has 2 aromatic rings. The molecule has 16 heavy (non-hydrogen) atoms. The summed E-state index contributed by atoms with van der Waals surface area (Å²) >= 11 is 7.12. The second-order valence-corrected chi connectivity index (χ2v) is 4.52. The lowest BCUT2D eigenvalue weighted by molar-refractivity contribution is -0.255. The molecule has 1 heterocycles. The van der Waals surface area contributed by atoms with E-state index in [-0.39, 0.29) is 5.56 Å². The first-order valence-corrected chi connectivity index (χ1v) is 5.58. The highest BCUT2D eigenvalue weighted by Crippen LogP contribution is 2.30. The van der Waals surface area contributed by atoms with Gasteiger partial charge < -0.3 is 14.3 Å². The van der Waals surface area contributed by atoms with Crippen LogP contribution in [0.2, 0.25) is 5.02 Å². The summed E-state index contributed by atoms with van der Waals surface area (Å²) in [5.41, 5.74) is 0.0320.